The Balaban J connectivity index is 1.73. The minimum Gasteiger partial charge on any atom is -0.481 e. The molecule has 0 aliphatic heterocycles. The lowest BCUT2D eigenvalue weighted by Crippen LogP contribution is -2.46. The van der Waals surface area contributed by atoms with E-state index in [-0.39, 0.29) is 29.5 Å². The Morgan fingerprint density at radius 1 is 1.45 bits per heavy atom. The molecule has 108 valence electrons. The number of oxazole rings is 1. The van der Waals surface area contributed by atoms with E-state index in [1.54, 1.807) is 0 Å². The molecule has 1 heterocycles. The fraction of sp³-hybridized carbons (Fsp3) is 0.643. The van der Waals surface area contributed by atoms with Gasteiger partial charge in [0.25, 0.3) is 5.91 Å². The summed E-state index contributed by atoms with van der Waals surface area (Å²) in [5.74, 6) is -0.615. The van der Waals surface area contributed by atoms with Crippen molar-refractivity contribution < 1.29 is 19.1 Å². The van der Waals surface area contributed by atoms with Crippen LogP contribution in [0.4, 0.5) is 0 Å². The highest BCUT2D eigenvalue weighted by molar-refractivity contribution is 5.92. The quantitative estimate of drug-likeness (QED) is 0.870. The molecule has 1 aromatic heterocycles. The van der Waals surface area contributed by atoms with E-state index >= 15 is 0 Å². The summed E-state index contributed by atoms with van der Waals surface area (Å²) in [5.41, 5.74) is 0.230. The Morgan fingerprint density at radius 3 is 2.85 bits per heavy atom. The number of aryl methyl sites for hydroxylation is 1. The highest BCUT2D eigenvalue weighted by Crippen LogP contribution is 2.48. The van der Waals surface area contributed by atoms with Crippen molar-refractivity contribution in [3.63, 3.8) is 0 Å². The van der Waals surface area contributed by atoms with Crippen LogP contribution in [0.3, 0.4) is 0 Å². The lowest BCUT2D eigenvalue weighted by Gasteiger charge is -2.28. The van der Waals surface area contributed by atoms with Gasteiger partial charge < -0.3 is 14.8 Å². The molecule has 2 fully saturated rings. The van der Waals surface area contributed by atoms with Crippen LogP contribution < -0.4 is 5.32 Å². The van der Waals surface area contributed by atoms with Crippen molar-refractivity contribution >= 4 is 11.9 Å². The molecule has 1 aromatic rings. The van der Waals surface area contributed by atoms with E-state index in [0.29, 0.717) is 12.3 Å². The summed E-state index contributed by atoms with van der Waals surface area (Å²) in [6.45, 7) is 1.89. The summed E-state index contributed by atoms with van der Waals surface area (Å²) in [4.78, 5) is 27.6. The Morgan fingerprint density at radius 2 is 2.20 bits per heavy atom. The van der Waals surface area contributed by atoms with Crippen LogP contribution in [0.2, 0.25) is 0 Å². The monoisotopic (exact) mass is 278 g/mol. The molecule has 0 spiro atoms. The van der Waals surface area contributed by atoms with Gasteiger partial charge in [-0.1, -0.05) is 6.92 Å². The van der Waals surface area contributed by atoms with E-state index in [2.05, 4.69) is 10.3 Å². The van der Waals surface area contributed by atoms with Gasteiger partial charge in [-0.2, -0.15) is 0 Å². The fourth-order valence-corrected chi connectivity index (χ4v) is 3.66. The summed E-state index contributed by atoms with van der Waals surface area (Å²) >= 11 is 0. The van der Waals surface area contributed by atoms with Gasteiger partial charge in [-0.25, -0.2) is 4.98 Å². The fourth-order valence-electron chi connectivity index (χ4n) is 3.66. The Labute approximate surface area is 116 Å². The van der Waals surface area contributed by atoms with Gasteiger partial charge in [0.05, 0.1) is 5.92 Å². The number of carboxylic acids is 1. The number of amides is 1. The molecule has 2 N–H and O–H groups in total. The minimum atomic E-state index is -0.808. The summed E-state index contributed by atoms with van der Waals surface area (Å²) < 4.78 is 5.15. The third kappa shape index (κ3) is 2.09. The summed E-state index contributed by atoms with van der Waals surface area (Å²) in [6.07, 6.45) is 4.81. The topological polar surface area (TPSA) is 92.4 Å². The van der Waals surface area contributed by atoms with Crippen molar-refractivity contribution in [2.24, 2.45) is 17.8 Å². The first-order chi connectivity index (χ1) is 9.60. The van der Waals surface area contributed by atoms with Gasteiger partial charge in [0.1, 0.15) is 6.26 Å². The molecular weight excluding hydrogens is 260 g/mol. The Hall–Kier alpha value is -1.85. The second-order valence-corrected chi connectivity index (χ2v) is 5.68. The molecule has 4 atom stereocenters. The summed E-state index contributed by atoms with van der Waals surface area (Å²) in [6, 6.07) is -0.277. The zero-order valence-electron chi connectivity index (χ0n) is 11.3. The van der Waals surface area contributed by atoms with E-state index < -0.39 is 11.9 Å². The van der Waals surface area contributed by atoms with E-state index in [1.807, 2.05) is 6.92 Å². The van der Waals surface area contributed by atoms with E-state index in [4.69, 9.17) is 4.42 Å². The van der Waals surface area contributed by atoms with Crippen molar-refractivity contribution in [2.75, 3.05) is 0 Å². The van der Waals surface area contributed by atoms with E-state index in [9.17, 15) is 14.7 Å². The number of carbonyl (C=O) groups is 2. The van der Waals surface area contributed by atoms with Crippen molar-refractivity contribution in [2.45, 2.75) is 38.6 Å². The van der Waals surface area contributed by atoms with Gasteiger partial charge in [0.15, 0.2) is 11.6 Å². The predicted molar refractivity (Wildman–Crippen MR) is 69.1 cm³/mol. The molecule has 1 amide bonds. The number of aliphatic carboxylic acids is 1. The highest BCUT2D eigenvalue weighted by atomic mass is 16.4. The first-order valence-corrected chi connectivity index (χ1v) is 7.08. The van der Waals surface area contributed by atoms with E-state index in [0.717, 1.165) is 19.3 Å². The number of fused-ring (bicyclic) bond motifs is 2. The van der Waals surface area contributed by atoms with Crippen molar-refractivity contribution in [3.05, 3.63) is 17.8 Å². The van der Waals surface area contributed by atoms with E-state index in [1.165, 1.54) is 6.26 Å². The molecule has 2 bridgehead atoms. The molecule has 0 aromatic carbocycles. The van der Waals surface area contributed by atoms with Crippen LogP contribution in [0.25, 0.3) is 0 Å². The van der Waals surface area contributed by atoms with Crippen LogP contribution in [-0.4, -0.2) is 28.0 Å². The maximum atomic E-state index is 12.1. The predicted octanol–water partition coefficient (Wildman–Crippen LogP) is 1.47. The average Bonchev–Trinajstić information content (AvgIpc) is 3.13. The molecule has 2 saturated carbocycles. The molecular formula is C14H18N2O4. The lowest BCUT2D eigenvalue weighted by atomic mass is 9.84. The maximum Gasteiger partial charge on any atom is 0.308 e. The number of nitrogens with zero attached hydrogens (tertiary/aromatic N) is 1. The summed E-state index contributed by atoms with van der Waals surface area (Å²) in [7, 11) is 0. The van der Waals surface area contributed by atoms with Gasteiger partial charge in [0.2, 0.25) is 0 Å². The SMILES string of the molecule is CCc1nc(C(=O)N[C@H]2[C@@H]3CC[C@@H](C3)[C@H]2C(=O)O)co1. The molecule has 6 heteroatoms. The van der Waals surface area contributed by atoms with Crippen LogP contribution in [0.15, 0.2) is 10.7 Å². The Bertz CT molecular complexity index is 539. The average molecular weight is 278 g/mol. The van der Waals surface area contributed by atoms with Crippen molar-refractivity contribution in [1.82, 2.24) is 10.3 Å². The number of aromatic nitrogens is 1. The molecule has 3 rings (SSSR count). The molecule has 2 aliphatic carbocycles. The third-order valence-electron chi connectivity index (χ3n) is 4.59. The summed E-state index contributed by atoms with van der Waals surface area (Å²) in [5, 5.41) is 12.2. The van der Waals surface area contributed by atoms with Crippen LogP contribution in [-0.2, 0) is 11.2 Å². The highest BCUT2D eigenvalue weighted by Gasteiger charge is 2.51. The zero-order chi connectivity index (χ0) is 14.3. The lowest BCUT2D eigenvalue weighted by molar-refractivity contribution is -0.144. The molecule has 0 radical (unpaired) electrons. The normalized spacial score (nSPS) is 31.4. The number of carboxylic acid groups (broad SMARTS) is 1. The van der Waals surface area contributed by atoms with Crippen LogP contribution in [0.1, 0.15) is 42.6 Å². The first kappa shape index (κ1) is 13.1. The van der Waals surface area contributed by atoms with Crippen LogP contribution in [0, 0.1) is 17.8 Å². The standard InChI is InChI=1S/C14H18N2O4/c1-2-10-15-9(6-20-10)13(17)16-12-8-4-3-7(5-8)11(12)14(18)19/h6-8,11-12H,2-5H2,1H3,(H,16,17)(H,18,19)/t7-,8+,11+,12-/m0/s1. The van der Waals surface area contributed by atoms with Gasteiger partial charge in [-0.05, 0) is 31.1 Å². The molecule has 6 nitrogen and oxygen atoms in total. The molecule has 20 heavy (non-hydrogen) atoms. The number of hydrogen-bond donors (Lipinski definition) is 2. The van der Waals surface area contributed by atoms with Crippen LogP contribution in [0.5, 0.6) is 0 Å². The molecule has 0 saturated heterocycles. The van der Waals surface area contributed by atoms with Gasteiger partial charge in [-0.3, -0.25) is 9.59 Å². The number of rotatable bonds is 4. The minimum absolute atomic E-state index is 0.200. The Kier molecular flexibility index (Phi) is 3.23. The number of nitrogens with one attached hydrogen (secondary N) is 1. The number of hydrogen-bond acceptors (Lipinski definition) is 4. The van der Waals surface area contributed by atoms with Gasteiger partial charge in [0, 0.05) is 12.5 Å². The molecule has 2 aliphatic rings. The second-order valence-electron chi connectivity index (χ2n) is 5.68. The van der Waals surface area contributed by atoms with Crippen molar-refractivity contribution in [1.29, 1.82) is 0 Å². The first-order valence-electron chi connectivity index (χ1n) is 7.08. The molecule has 0 unspecified atom stereocenters. The van der Waals surface area contributed by atoms with Crippen LogP contribution >= 0.6 is 0 Å². The van der Waals surface area contributed by atoms with Crippen molar-refractivity contribution in [3.8, 4) is 0 Å². The second kappa shape index (κ2) is 4.92. The van der Waals surface area contributed by atoms with Gasteiger partial charge in [-0.15, -0.1) is 0 Å². The largest absolute Gasteiger partial charge is 0.481 e. The zero-order valence-corrected chi connectivity index (χ0v) is 11.3. The number of carbonyl (C=O) groups excluding carboxylic acids is 1. The van der Waals surface area contributed by atoms with Gasteiger partial charge >= 0.3 is 5.97 Å². The third-order valence-corrected chi connectivity index (χ3v) is 4.59. The smallest absolute Gasteiger partial charge is 0.308 e. The maximum absolute atomic E-state index is 12.1.